The summed E-state index contributed by atoms with van der Waals surface area (Å²) in [7, 11) is 6.55. The summed E-state index contributed by atoms with van der Waals surface area (Å²) in [6.45, 7) is 2.37. The predicted octanol–water partition coefficient (Wildman–Crippen LogP) is 6.33. The van der Waals surface area contributed by atoms with Crippen LogP contribution in [0.2, 0.25) is 0 Å². The lowest BCUT2D eigenvalue weighted by Gasteiger charge is -2.49. The van der Waals surface area contributed by atoms with E-state index in [1.54, 1.807) is 28.4 Å². The fourth-order valence-corrected chi connectivity index (χ4v) is 6.61. The van der Waals surface area contributed by atoms with Gasteiger partial charge >= 0.3 is 5.97 Å². The molecule has 2 aromatic carbocycles. The quantitative estimate of drug-likeness (QED) is 0.338. The summed E-state index contributed by atoms with van der Waals surface area (Å²) >= 11 is 0. The molecule has 37 heavy (non-hydrogen) atoms. The van der Waals surface area contributed by atoms with Gasteiger partial charge in [-0.1, -0.05) is 30.7 Å². The third-order valence-electron chi connectivity index (χ3n) is 8.49. The van der Waals surface area contributed by atoms with Crippen molar-refractivity contribution in [2.24, 2.45) is 17.3 Å². The van der Waals surface area contributed by atoms with Gasteiger partial charge in [0.1, 0.15) is 6.10 Å². The summed E-state index contributed by atoms with van der Waals surface area (Å²) in [5.41, 5.74) is 4.34. The van der Waals surface area contributed by atoms with E-state index in [1.165, 1.54) is 5.57 Å². The molecule has 2 aliphatic carbocycles. The summed E-state index contributed by atoms with van der Waals surface area (Å²) in [4.78, 5) is 13.0. The summed E-state index contributed by atoms with van der Waals surface area (Å²) in [6, 6.07) is 11.8. The Bertz CT molecular complexity index is 1240. The number of carbonyl (C=O) groups is 1. The van der Waals surface area contributed by atoms with Crippen LogP contribution in [0.4, 0.5) is 0 Å². The predicted molar refractivity (Wildman–Crippen MR) is 143 cm³/mol. The van der Waals surface area contributed by atoms with E-state index in [2.05, 4.69) is 19.1 Å². The van der Waals surface area contributed by atoms with E-state index >= 15 is 0 Å². The molecule has 6 nitrogen and oxygen atoms in total. The molecule has 1 heterocycles. The number of fused-ring (bicyclic) bond motifs is 2. The summed E-state index contributed by atoms with van der Waals surface area (Å²) in [5.74, 6) is 3.03. The van der Waals surface area contributed by atoms with Gasteiger partial charge in [-0.2, -0.15) is 0 Å². The third-order valence-corrected chi connectivity index (χ3v) is 8.49. The van der Waals surface area contributed by atoms with Crippen molar-refractivity contribution in [1.29, 1.82) is 0 Å². The zero-order valence-electron chi connectivity index (χ0n) is 22.3. The Kier molecular flexibility index (Phi) is 6.93. The minimum absolute atomic E-state index is 0.0689. The Labute approximate surface area is 219 Å². The van der Waals surface area contributed by atoms with Crippen LogP contribution < -0.4 is 18.9 Å². The van der Waals surface area contributed by atoms with Crippen LogP contribution in [0.15, 0.2) is 47.5 Å². The Morgan fingerprint density at radius 1 is 0.865 bits per heavy atom. The molecule has 1 saturated heterocycles. The first-order valence-corrected chi connectivity index (χ1v) is 13.0. The van der Waals surface area contributed by atoms with Gasteiger partial charge in [-0.25, -0.2) is 4.79 Å². The molecule has 0 N–H and O–H groups in total. The maximum Gasteiger partial charge on any atom is 0.334 e. The van der Waals surface area contributed by atoms with Crippen LogP contribution in [0.25, 0.3) is 12.2 Å². The Morgan fingerprint density at radius 3 is 2.05 bits per heavy atom. The second-order valence-corrected chi connectivity index (χ2v) is 10.6. The number of ether oxygens (including phenoxy) is 5. The molecule has 0 spiro atoms. The minimum atomic E-state index is -0.197. The van der Waals surface area contributed by atoms with Gasteiger partial charge in [0.25, 0.3) is 0 Å². The van der Waals surface area contributed by atoms with Gasteiger partial charge in [-0.15, -0.1) is 0 Å². The number of hydrogen-bond acceptors (Lipinski definition) is 6. The molecule has 0 unspecified atom stereocenters. The number of carbonyl (C=O) groups excluding carboxylic acids is 1. The minimum Gasteiger partial charge on any atom is -0.493 e. The highest BCUT2D eigenvalue weighted by Gasteiger charge is 2.53. The molecule has 0 radical (unpaired) electrons. The number of benzene rings is 2. The van der Waals surface area contributed by atoms with Gasteiger partial charge in [0, 0.05) is 11.5 Å². The molecular weight excluding hydrogens is 468 g/mol. The van der Waals surface area contributed by atoms with E-state index in [0.29, 0.717) is 17.4 Å². The number of hydrogen-bond donors (Lipinski definition) is 0. The van der Waals surface area contributed by atoms with Crippen LogP contribution in [0.3, 0.4) is 0 Å². The van der Waals surface area contributed by atoms with Crippen LogP contribution in [0.5, 0.6) is 23.0 Å². The van der Waals surface area contributed by atoms with Gasteiger partial charge in [-0.05, 0) is 84.9 Å². The average molecular weight is 505 g/mol. The van der Waals surface area contributed by atoms with Crippen molar-refractivity contribution in [3.63, 3.8) is 0 Å². The molecule has 4 atom stereocenters. The highest BCUT2D eigenvalue weighted by molar-refractivity contribution is 5.96. The topological polar surface area (TPSA) is 63.2 Å². The molecule has 1 aliphatic heterocycles. The van der Waals surface area contributed by atoms with Crippen molar-refractivity contribution in [2.45, 2.75) is 45.1 Å². The van der Waals surface area contributed by atoms with Crippen molar-refractivity contribution >= 4 is 18.1 Å². The van der Waals surface area contributed by atoms with Crippen LogP contribution in [-0.2, 0) is 9.53 Å². The maximum absolute atomic E-state index is 13.0. The van der Waals surface area contributed by atoms with Crippen molar-refractivity contribution in [3.8, 4) is 23.0 Å². The normalized spacial score (nSPS) is 28.9. The molecular formula is C31H36O6. The lowest BCUT2D eigenvalue weighted by molar-refractivity contribution is -0.142. The molecule has 0 amide bonds. The van der Waals surface area contributed by atoms with Crippen LogP contribution in [-0.4, -0.2) is 40.5 Å². The van der Waals surface area contributed by atoms with E-state index in [-0.39, 0.29) is 23.4 Å². The molecule has 0 aromatic heterocycles. The molecule has 5 rings (SSSR count). The lowest BCUT2D eigenvalue weighted by atomic mass is 9.55. The Hall–Kier alpha value is -3.41. The average Bonchev–Trinajstić information content (AvgIpc) is 3.19. The second kappa shape index (κ2) is 10.2. The molecule has 3 aliphatic rings. The van der Waals surface area contributed by atoms with Gasteiger partial charge in [0.15, 0.2) is 23.0 Å². The highest BCUT2D eigenvalue weighted by atomic mass is 16.6. The van der Waals surface area contributed by atoms with Crippen LogP contribution in [0, 0.1) is 17.3 Å². The molecule has 2 aromatic rings. The van der Waals surface area contributed by atoms with Crippen molar-refractivity contribution in [2.75, 3.05) is 28.4 Å². The first kappa shape index (κ1) is 25.2. The fraction of sp³-hybridized carbons (Fsp3) is 0.452. The van der Waals surface area contributed by atoms with E-state index < -0.39 is 0 Å². The van der Waals surface area contributed by atoms with E-state index in [0.717, 1.165) is 60.3 Å². The van der Waals surface area contributed by atoms with Crippen molar-refractivity contribution in [1.82, 2.24) is 0 Å². The largest absolute Gasteiger partial charge is 0.493 e. The molecule has 6 heteroatoms. The van der Waals surface area contributed by atoms with E-state index in [4.69, 9.17) is 23.7 Å². The summed E-state index contributed by atoms with van der Waals surface area (Å²) in [6.07, 6.45) is 9.38. The first-order valence-electron chi connectivity index (χ1n) is 13.0. The summed E-state index contributed by atoms with van der Waals surface area (Å²) < 4.78 is 27.7. The van der Waals surface area contributed by atoms with Gasteiger partial charge in [-0.3, -0.25) is 0 Å². The second-order valence-electron chi connectivity index (χ2n) is 10.6. The van der Waals surface area contributed by atoms with Crippen molar-refractivity contribution in [3.05, 3.63) is 58.7 Å². The lowest BCUT2D eigenvalue weighted by Crippen LogP contribution is -2.43. The standard InChI is InChI=1S/C31H36O6/c1-31-12-6-7-21(13-19-8-10-25(33-2)27(15-19)35-4)24(31)17-22-23(30(32)37-29(22)18-31)14-20-9-11-26(34-3)28(16-20)36-5/h8-11,13-16,22,24,29H,6-7,12,17-18H2,1-5H3/b21-13+,23-14+/t22-,24+,29-,31-/m1/s1. The molecule has 3 fully saturated rings. The zero-order chi connectivity index (χ0) is 26.2. The first-order chi connectivity index (χ1) is 17.9. The maximum atomic E-state index is 13.0. The SMILES string of the molecule is COc1ccc(/C=C2/C(=O)O[C@@H]3C[C@@]4(C)CCC/C(=C\c5ccc(OC)c(OC)c5)[C@@H]4C[C@H]23)cc1OC. The molecule has 2 saturated carbocycles. The van der Waals surface area contributed by atoms with Crippen LogP contribution in [0.1, 0.15) is 50.2 Å². The zero-order valence-corrected chi connectivity index (χ0v) is 22.3. The Balaban J connectivity index is 1.47. The smallest absolute Gasteiger partial charge is 0.334 e. The van der Waals surface area contributed by atoms with Gasteiger partial charge in [0.2, 0.25) is 0 Å². The Morgan fingerprint density at radius 2 is 1.46 bits per heavy atom. The number of rotatable bonds is 6. The fourth-order valence-electron chi connectivity index (χ4n) is 6.61. The van der Waals surface area contributed by atoms with E-state index in [1.807, 2.05) is 36.4 Å². The number of methoxy groups -OCH3 is 4. The molecule has 196 valence electrons. The summed E-state index contributed by atoms with van der Waals surface area (Å²) in [5, 5.41) is 0. The van der Waals surface area contributed by atoms with Gasteiger partial charge in [0.05, 0.1) is 28.4 Å². The number of allylic oxidation sites excluding steroid dienone is 1. The van der Waals surface area contributed by atoms with Crippen LogP contribution >= 0.6 is 0 Å². The van der Waals surface area contributed by atoms with Crippen molar-refractivity contribution < 1.29 is 28.5 Å². The third kappa shape index (κ3) is 4.70. The highest BCUT2D eigenvalue weighted by Crippen LogP contribution is 2.57. The molecule has 0 bridgehead atoms. The van der Waals surface area contributed by atoms with E-state index in [9.17, 15) is 4.79 Å². The van der Waals surface area contributed by atoms with Gasteiger partial charge < -0.3 is 23.7 Å². The monoisotopic (exact) mass is 504 g/mol. The number of esters is 1.